The number of carboxylic acids is 1. The first kappa shape index (κ1) is 19.7. The number of ether oxygens (including phenoxy) is 1. The van der Waals surface area contributed by atoms with Gasteiger partial charge < -0.3 is 25.2 Å². The minimum atomic E-state index is -1.23. The van der Waals surface area contributed by atoms with E-state index in [2.05, 4.69) is 12.2 Å². The third kappa shape index (κ3) is 4.82. The van der Waals surface area contributed by atoms with Gasteiger partial charge >= 0.3 is 5.97 Å². The van der Waals surface area contributed by atoms with Gasteiger partial charge in [0.2, 0.25) is 0 Å². The van der Waals surface area contributed by atoms with Gasteiger partial charge in [0, 0.05) is 24.9 Å². The van der Waals surface area contributed by atoms with Crippen LogP contribution < -0.4 is 10.1 Å². The summed E-state index contributed by atoms with van der Waals surface area (Å²) in [6.07, 6.45) is 2.51. The lowest BCUT2D eigenvalue weighted by molar-refractivity contribution is -0.138. The Morgan fingerprint density at radius 1 is 1.25 bits per heavy atom. The SMILES string of the molecule is CC1(COc2ccc(CN3CCC(O)=C(C(=O)NCC(=O)O)C3=O)cc2)CC1. The average Bonchev–Trinajstić information content (AvgIpc) is 3.39. The number of benzene rings is 1. The topological polar surface area (TPSA) is 116 Å². The fourth-order valence-corrected chi connectivity index (χ4v) is 2.90. The molecule has 1 heterocycles. The molecule has 1 fully saturated rings. The lowest BCUT2D eigenvalue weighted by atomic mass is 10.0. The number of aliphatic carboxylic acids is 1. The van der Waals surface area contributed by atoms with Crippen LogP contribution >= 0.6 is 0 Å². The minimum Gasteiger partial charge on any atom is -0.511 e. The molecule has 3 rings (SSSR count). The largest absolute Gasteiger partial charge is 0.511 e. The van der Waals surface area contributed by atoms with Crippen molar-refractivity contribution in [1.29, 1.82) is 0 Å². The molecule has 28 heavy (non-hydrogen) atoms. The molecule has 1 aromatic carbocycles. The summed E-state index contributed by atoms with van der Waals surface area (Å²) < 4.78 is 5.79. The van der Waals surface area contributed by atoms with E-state index in [0.29, 0.717) is 12.0 Å². The number of carbonyl (C=O) groups is 3. The predicted molar refractivity (Wildman–Crippen MR) is 99.6 cm³/mol. The normalized spacial score (nSPS) is 18.0. The van der Waals surface area contributed by atoms with Crippen molar-refractivity contribution >= 4 is 17.8 Å². The van der Waals surface area contributed by atoms with Crippen molar-refractivity contribution in [1.82, 2.24) is 10.2 Å². The monoisotopic (exact) mass is 388 g/mol. The van der Waals surface area contributed by atoms with Crippen LogP contribution in [0.25, 0.3) is 0 Å². The number of aliphatic hydroxyl groups excluding tert-OH is 1. The first-order valence-corrected chi connectivity index (χ1v) is 9.20. The van der Waals surface area contributed by atoms with Gasteiger partial charge in [0.25, 0.3) is 11.8 Å². The van der Waals surface area contributed by atoms with Gasteiger partial charge in [-0.1, -0.05) is 19.1 Å². The van der Waals surface area contributed by atoms with E-state index in [1.807, 2.05) is 24.3 Å². The summed E-state index contributed by atoms with van der Waals surface area (Å²) in [7, 11) is 0. The van der Waals surface area contributed by atoms with Crippen LogP contribution in [0.5, 0.6) is 5.75 Å². The molecular formula is C20H24N2O6. The van der Waals surface area contributed by atoms with Crippen molar-refractivity contribution in [2.24, 2.45) is 5.41 Å². The van der Waals surface area contributed by atoms with E-state index in [9.17, 15) is 19.5 Å². The van der Waals surface area contributed by atoms with Crippen LogP contribution in [0.4, 0.5) is 0 Å². The maximum absolute atomic E-state index is 12.6. The highest BCUT2D eigenvalue weighted by Gasteiger charge is 2.38. The van der Waals surface area contributed by atoms with E-state index >= 15 is 0 Å². The van der Waals surface area contributed by atoms with Crippen molar-refractivity contribution in [2.75, 3.05) is 19.7 Å². The second-order valence-corrected chi connectivity index (χ2v) is 7.62. The second-order valence-electron chi connectivity index (χ2n) is 7.62. The van der Waals surface area contributed by atoms with Crippen LogP contribution in [-0.4, -0.2) is 52.6 Å². The molecule has 1 aliphatic heterocycles. The first-order valence-electron chi connectivity index (χ1n) is 9.20. The fraction of sp³-hybridized carbons (Fsp3) is 0.450. The number of hydrogen-bond donors (Lipinski definition) is 3. The van der Waals surface area contributed by atoms with Crippen LogP contribution in [0.2, 0.25) is 0 Å². The molecule has 2 amide bonds. The minimum absolute atomic E-state index is 0.140. The number of carboxylic acid groups (broad SMARTS) is 1. The van der Waals surface area contributed by atoms with Gasteiger partial charge in [-0.2, -0.15) is 0 Å². The molecule has 0 saturated heterocycles. The van der Waals surface area contributed by atoms with Crippen molar-refractivity contribution in [3.63, 3.8) is 0 Å². The molecule has 1 aromatic rings. The van der Waals surface area contributed by atoms with E-state index in [0.717, 1.165) is 11.3 Å². The predicted octanol–water partition coefficient (Wildman–Crippen LogP) is 1.61. The highest BCUT2D eigenvalue weighted by Crippen LogP contribution is 2.45. The summed E-state index contributed by atoms with van der Waals surface area (Å²) in [5, 5.41) is 20.7. The van der Waals surface area contributed by atoms with Gasteiger partial charge in [-0.25, -0.2) is 0 Å². The van der Waals surface area contributed by atoms with Crippen LogP contribution in [-0.2, 0) is 20.9 Å². The summed E-state index contributed by atoms with van der Waals surface area (Å²) in [4.78, 5) is 36.7. The molecule has 0 unspecified atom stereocenters. The highest BCUT2D eigenvalue weighted by atomic mass is 16.5. The zero-order valence-corrected chi connectivity index (χ0v) is 15.7. The average molecular weight is 388 g/mol. The van der Waals surface area contributed by atoms with Crippen LogP contribution in [0, 0.1) is 5.41 Å². The Bertz CT molecular complexity index is 810. The summed E-state index contributed by atoms with van der Waals surface area (Å²) in [5.74, 6) is -2.28. The van der Waals surface area contributed by atoms with Gasteiger partial charge in [0.05, 0.1) is 6.61 Å². The number of amides is 2. The number of carbonyl (C=O) groups excluding carboxylic acids is 2. The summed E-state index contributed by atoms with van der Waals surface area (Å²) in [6.45, 7) is 2.81. The number of nitrogens with one attached hydrogen (secondary N) is 1. The van der Waals surface area contributed by atoms with Crippen molar-refractivity contribution in [3.8, 4) is 5.75 Å². The Morgan fingerprint density at radius 2 is 1.93 bits per heavy atom. The molecule has 0 radical (unpaired) electrons. The quantitative estimate of drug-likeness (QED) is 0.583. The third-order valence-electron chi connectivity index (χ3n) is 5.02. The molecule has 0 spiro atoms. The molecule has 3 N–H and O–H groups in total. The second kappa shape index (κ2) is 7.92. The molecule has 8 nitrogen and oxygen atoms in total. The molecule has 2 aliphatic rings. The van der Waals surface area contributed by atoms with Crippen LogP contribution in [0.1, 0.15) is 31.7 Å². The molecule has 0 aromatic heterocycles. The van der Waals surface area contributed by atoms with Gasteiger partial charge in [-0.3, -0.25) is 14.4 Å². The molecule has 150 valence electrons. The number of rotatable bonds is 8. The van der Waals surface area contributed by atoms with Crippen LogP contribution in [0.3, 0.4) is 0 Å². The number of nitrogens with zero attached hydrogens (tertiary/aromatic N) is 1. The number of aliphatic hydroxyl groups is 1. The van der Waals surface area contributed by atoms with Gasteiger partial charge in [0.1, 0.15) is 23.6 Å². The van der Waals surface area contributed by atoms with E-state index in [1.54, 1.807) is 0 Å². The molecule has 1 saturated carbocycles. The lowest BCUT2D eigenvalue weighted by Crippen LogP contribution is -2.43. The zero-order valence-electron chi connectivity index (χ0n) is 15.7. The zero-order chi connectivity index (χ0) is 20.3. The summed E-state index contributed by atoms with van der Waals surface area (Å²) >= 11 is 0. The standard InChI is InChI=1S/C20H24N2O6/c1-20(7-8-20)12-28-14-4-2-13(3-5-14)11-22-9-6-15(23)17(19(22)27)18(26)21-10-16(24)25/h2-5,23H,6-12H2,1H3,(H,21,26)(H,24,25). The molecule has 0 bridgehead atoms. The third-order valence-corrected chi connectivity index (χ3v) is 5.02. The molecule has 1 aliphatic carbocycles. The lowest BCUT2D eigenvalue weighted by Gasteiger charge is -2.28. The first-order chi connectivity index (χ1) is 13.3. The van der Waals surface area contributed by atoms with Crippen LogP contribution in [0.15, 0.2) is 35.6 Å². The van der Waals surface area contributed by atoms with Crippen molar-refractivity contribution < 1.29 is 29.3 Å². The van der Waals surface area contributed by atoms with E-state index in [1.165, 1.54) is 17.7 Å². The number of hydrogen-bond acceptors (Lipinski definition) is 5. The molecular weight excluding hydrogens is 364 g/mol. The maximum atomic E-state index is 12.6. The van der Waals surface area contributed by atoms with Gasteiger partial charge in [0.15, 0.2) is 0 Å². The van der Waals surface area contributed by atoms with E-state index < -0.39 is 29.9 Å². The van der Waals surface area contributed by atoms with Crippen molar-refractivity contribution in [3.05, 3.63) is 41.2 Å². The Kier molecular flexibility index (Phi) is 5.58. The van der Waals surface area contributed by atoms with Gasteiger partial charge in [-0.15, -0.1) is 0 Å². The molecule has 8 heteroatoms. The maximum Gasteiger partial charge on any atom is 0.322 e. The Morgan fingerprint density at radius 3 is 2.54 bits per heavy atom. The summed E-state index contributed by atoms with van der Waals surface area (Å²) in [5.41, 5.74) is 0.764. The Hall–Kier alpha value is -3.03. The van der Waals surface area contributed by atoms with E-state index in [4.69, 9.17) is 9.84 Å². The van der Waals surface area contributed by atoms with Crippen molar-refractivity contribution in [2.45, 2.75) is 32.7 Å². The fourth-order valence-electron chi connectivity index (χ4n) is 2.90. The summed E-state index contributed by atoms with van der Waals surface area (Å²) in [6, 6.07) is 7.42. The van der Waals surface area contributed by atoms with Gasteiger partial charge in [-0.05, 0) is 30.5 Å². The van der Waals surface area contributed by atoms with E-state index in [-0.39, 0.29) is 25.3 Å². The molecule has 0 atom stereocenters. The Balaban J connectivity index is 1.60. The smallest absolute Gasteiger partial charge is 0.322 e. The Labute approximate surface area is 162 Å². The highest BCUT2D eigenvalue weighted by molar-refractivity contribution is 6.19.